The van der Waals surface area contributed by atoms with Gasteiger partial charge in [-0.15, -0.1) is 0 Å². The topological polar surface area (TPSA) is 77.3 Å². The average Bonchev–Trinajstić information content (AvgIpc) is 2.81. The van der Waals surface area contributed by atoms with Gasteiger partial charge in [0.2, 0.25) is 0 Å². The van der Waals surface area contributed by atoms with Crippen LogP contribution in [0, 0.1) is 17.0 Å². The second kappa shape index (κ2) is 5.77. The van der Waals surface area contributed by atoms with Gasteiger partial charge < -0.3 is 10.1 Å². The summed E-state index contributed by atoms with van der Waals surface area (Å²) in [7, 11) is 0. The van der Waals surface area contributed by atoms with E-state index in [0.29, 0.717) is 17.6 Å². The number of aromatic nitrogens is 1. The fourth-order valence-corrected chi connectivity index (χ4v) is 2.08. The quantitative estimate of drug-likeness (QED) is 0.641. The molecule has 1 fully saturated rings. The number of aryl methyl sites for hydroxylation is 1. The summed E-state index contributed by atoms with van der Waals surface area (Å²) in [6, 6.07) is 3.12. The number of ether oxygens (including phenoxy) is 1. The second-order valence-electron chi connectivity index (χ2n) is 4.41. The van der Waals surface area contributed by atoms with Crippen molar-refractivity contribution in [2.24, 2.45) is 0 Å². The maximum Gasteiger partial charge on any atom is 0.290 e. The number of nitro groups is 1. The summed E-state index contributed by atoms with van der Waals surface area (Å²) in [5, 5.41) is 13.8. The van der Waals surface area contributed by atoms with Crippen molar-refractivity contribution in [1.29, 1.82) is 0 Å². The third-order valence-electron chi connectivity index (χ3n) is 3.05. The van der Waals surface area contributed by atoms with E-state index in [2.05, 4.69) is 10.3 Å². The molecular weight excluding hydrogens is 234 g/mol. The highest BCUT2D eigenvalue weighted by Crippen LogP contribution is 2.19. The van der Waals surface area contributed by atoms with Gasteiger partial charge in [0.05, 0.1) is 11.0 Å². The maximum absolute atomic E-state index is 10.6. The Morgan fingerprint density at radius 1 is 1.61 bits per heavy atom. The largest absolute Gasteiger partial charge is 0.378 e. The van der Waals surface area contributed by atoms with Crippen molar-refractivity contribution < 1.29 is 9.66 Å². The molecule has 0 bridgehead atoms. The molecule has 1 unspecified atom stereocenters. The zero-order valence-corrected chi connectivity index (χ0v) is 10.4. The second-order valence-corrected chi connectivity index (χ2v) is 4.41. The zero-order chi connectivity index (χ0) is 13.0. The average molecular weight is 251 g/mol. The van der Waals surface area contributed by atoms with Gasteiger partial charge >= 0.3 is 0 Å². The van der Waals surface area contributed by atoms with Gasteiger partial charge in [0, 0.05) is 19.2 Å². The summed E-state index contributed by atoms with van der Waals surface area (Å²) in [6.07, 6.45) is 3.54. The van der Waals surface area contributed by atoms with Crippen molar-refractivity contribution in [3.8, 4) is 0 Å². The predicted molar refractivity (Wildman–Crippen MR) is 67.7 cm³/mol. The smallest absolute Gasteiger partial charge is 0.290 e. The Hall–Kier alpha value is -1.69. The molecule has 0 spiro atoms. The summed E-state index contributed by atoms with van der Waals surface area (Å²) >= 11 is 0. The molecule has 0 aromatic carbocycles. The van der Waals surface area contributed by atoms with Crippen LogP contribution in [0.3, 0.4) is 0 Å². The summed E-state index contributed by atoms with van der Waals surface area (Å²) in [5.74, 6) is 0.677. The normalized spacial score (nSPS) is 18.8. The highest BCUT2D eigenvalue weighted by molar-refractivity contribution is 5.44. The number of hydrogen-bond acceptors (Lipinski definition) is 5. The first-order chi connectivity index (χ1) is 8.66. The highest BCUT2D eigenvalue weighted by Gasteiger charge is 2.15. The standard InChI is InChI=1S/C12H17N3O3/c1-9-11(15(16)17)4-5-12(14-9)13-7-6-10-3-2-8-18-10/h4-5,10H,2-3,6-8H2,1H3,(H,13,14). The molecule has 1 saturated heterocycles. The SMILES string of the molecule is Cc1nc(NCCC2CCCO2)ccc1[N+](=O)[O-]. The Balaban J connectivity index is 1.85. The van der Waals surface area contributed by atoms with E-state index in [0.717, 1.165) is 32.4 Å². The fraction of sp³-hybridized carbons (Fsp3) is 0.583. The highest BCUT2D eigenvalue weighted by atomic mass is 16.6. The summed E-state index contributed by atoms with van der Waals surface area (Å²) in [5.41, 5.74) is 0.488. The molecule has 0 aliphatic carbocycles. The van der Waals surface area contributed by atoms with E-state index in [1.807, 2.05) is 0 Å². The minimum absolute atomic E-state index is 0.0553. The van der Waals surface area contributed by atoms with Gasteiger partial charge in [0.25, 0.3) is 5.69 Å². The molecule has 6 heteroatoms. The van der Waals surface area contributed by atoms with Crippen LogP contribution in [-0.2, 0) is 4.74 Å². The molecule has 1 aromatic heterocycles. The van der Waals surface area contributed by atoms with Gasteiger partial charge in [-0.25, -0.2) is 4.98 Å². The van der Waals surface area contributed by atoms with Crippen LogP contribution in [0.1, 0.15) is 25.0 Å². The maximum atomic E-state index is 10.6. The Morgan fingerprint density at radius 3 is 3.06 bits per heavy atom. The molecular formula is C12H17N3O3. The monoisotopic (exact) mass is 251 g/mol. The fourth-order valence-electron chi connectivity index (χ4n) is 2.08. The molecule has 0 amide bonds. The zero-order valence-electron chi connectivity index (χ0n) is 10.4. The molecule has 6 nitrogen and oxygen atoms in total. The Labute approximate surface area is 106 Å². The Kier molecular flexibility index (Phi) is 4.09. The van der Waals surface area contributed by atoms with Crippen LogP contribution in [0.4, 0.5) is 11.5 Å². The first-order valence-corrected chi connectivity index (χ1v) is 6.14. The molecule has 18 heavy (non-hydrogen) atoms. The number of nitrogens with zero attached hydrogens (tertiary/aromatic N) is 2. The van der Waals surface area contributed by atoms with Crippen molar-refractivity contribution in [2.45, 2.75) is 32.3 Å². The van der Waals surface area contributed by atoms with Crippen molar-refractivity contribution in [2.75, 3.05) is 18.5 Å². The summed E-state index contributed by atoms with van der Waals surface area (Å²) < 4.78 is 5.52. The van der Waals surface area contributed by atoms with Gasteiger partial charge in [-0.2, -0.15) is 0 Å². The number of pyridine rings is 1. The van der Waals surface area contributed by atoms with E-state index in [9.17, 15) is 10.1 Å². The molecule has 1 aliphatic heterocycles. The van der Waals surface area contributed by atoms with Gasteiger partial charge in [0.1, 0.15) is 11.5 Å². The van der Waals surface area contributed by atoms with E-state index < -0.39 is 4.92 Å². The first-order valence-electron chi connectivity index (χ1n) is 6.14. The van der Waals surface area contributed by atoms with Crippen molar-refractivity contribution in [3.05, 3.63) is 27.9 Å². The van der Waals surface area contributed by atoms with Gasteiger partial charge in [-0.05, 0) is 32.3 Å². The minimum Gasteiger partial charge on any atom is -0.378 e. The van der Waals surface area contributed by atoms with E-state index in [1.54, 1.807) is 13.0 Å². The first kappa shape index (κ1) is 12.8. The summed E-state index contributed by atoms with van der Waals surface area (Å²) in [4.78, 5) is 14.4. The molecule has 0 saturated carbocycles. The van der Waals surface area contributed by atoms with Crippen LogP contribution in [0.25, 0.3) is 0 Å². The van der Waals surface area contributed by atoms with E-state index >= 15 is 0 Å². The van der Waals surface area contributed by atoms with Crippen molar-refractivity contribution >= 4 is 11.5 Å². The summed E-state index contributed by atoms with van der Waals surface area (Å²) in [6.45, 7) is 3.28. The van der Waals surface area contributed by atoms with Crippen LogP contribution in [0.15, 0.2) is 12.1 Å². The van der Waals surface area contributed by atoms with Gasteiger partial charge in [-0.3, -0.25) is 10.1 Å². The van der Waals surface area contributed by atoms with Crippen LogP contribution in [0.5, 0.6) is 0 Å². The molecule has 98 valence electrons. The number of anilines is 1. The molecule has 2 heterocycles. The predicted octanol–water partition coefficient (Wildman–Crippen LogP) is 2.28. The van der Waals surface area contributed by atoms with E-state index in [-0.39, 0.29) is 5.69 Å². The lowest BCUT2D eigenvalue weighted by Crippen LogP contribution is -2.13. The molecule has 1 aromatic rings. The molecule has 1 N–H and O–H groups in total. The van der Waals surface area contributed by atoms with Crippen LogP contribution < -0.4 is 5.32 Å². The van der Waals surface area contributed by atoms with Gasteiger partial charge in [0.15, 0.2) is 0 Å². The molecule has 1 aliphatic rings. The van der Waals surface area contributed by atoms with Crippen LogP contribution in [-0.4, -0.2) is 29.2 Å². The van der Waals surface area contributed by atoms with Crippen LogP contribution in [0.2, 0.25) is 0 Å². The Bertz CT molecular complexity index is 431. The lowest BCUT2D eigenvalue weighted by atomic mass is 10.2. The third kappa shape index (κ3) is 3.16. The third-order valence-corrected chi connectivity index (χ3v) is 3.05. The molecule has 0 radical (unpaired) electrons. The van der Waals surface area contributed by atoms with Gasteiger partial charge in [-0.1, -0.05) is 0 Å². The van der Waals surface area contributed by atoms with Crippen LogP contribution >= 0.6 is 0 Å². The van der Waals surface area contributed by atoms with Crippen molar-refractivity contribution in [3.63, 3.8) is 0 Å². The minimum atomic E-state index is -0.418. The lowest BCUT2D eigenvalue weighted by molar-refractivity contribution is -0.385. The molecule has 2 rings (SSSR count). The van der Waals surface area contributed by atoms with Crippen molar-refractivity contribution in [1.82, 2.24) is 4.98 Å². The van der Waals surface area contributed by atoms with E-state index in [4.69, 9.17) is 4.74 Å². The number of hydrogen-bond donors (Lipinski definition) is 1. The number of nitrogens with one attached hydrogen (secondary N) is 1. The lowest BCUT2D eigenvalue weighted by Gasteiger charge is -2.10. The van der Waals surface area contributed by atoms with E-state index in [1.165, 1.54) is 6.07 Å². The Morgan fingerprint density at radius 2 is 2.44 bits per heavy atom. The number of rotatable bonds is 5. The molecule has 1 atom stereocenters.